The maximum Gasteiger partial charge on any atom is 0.0926 e. The molecule has 1 aromatic heterocycles. The van der Waals surface area contributed by atoms with Gasteiger partial charge in [-0.15, -0.1) is 11.3 Å². The van der Waals surface area contributed by atoms with E-state index in [0.29, 0.717) is 12.0 Å². The highest BCUT2D eigenvalue weighted by Crippen LogP contribution is 2.47. The van der Waals surface area contributed by atoms with Gasteiger partial charge in [-0.1, -0.05) is 6.92 Å². The van der Waals surface area contributed by atoms with E-state index in [9.17, 15) is 0 Å². The van der Waals surface area contributed by atoms with Crippen LogP contribution in [0.1, 0.15) is 36.9 Å². The summed E-state index contributed by atoms with van der Waals surface area (Å²) < 4.78 is 0. The van der Waals surface area contributed by atoms with E-state index >= 15 is 0 Å². The number of aromatic nitrogens is 1. The molecule has 0 atom stereocenters. The van der Waals surface area contributed by atoms with Gasteiger partial charge in [-0.3, -0.25) is 0 Å². The number of nitrogens with zero attached hydrogens (tertiary/aromatic N) is 1. The van der Waals surface area contributed by atoms with Crippen molar-refractivity contribution in [3.63, 3.8) is 0 Å². The zero-order valence-corrected chi connectivity index (χ0v) is 10.6. The van der Waals surface area contributed by atoms with E-state index in [1.54, 1.807) is 11.3 Å². The lowest BCUT2D eigenvalue weighted by Crippen LogP contribution is -2.24. The minimum Gasteiger partial charge on any atom is -0.396 e. The monoisotopic (exact) mass is 240 g/mol. The first-order valence-corrected chi connectivity index (χ1v) is 6.91. The van der Waals surface area contributed by atoms with Crippen molar-refractivity contribution in [2.24, 2.45) is 5.41 Å². The third-order valence-electron chi connectivity index (χ3n) is 3.31. The van der Waals surface area contributed by atoms with Gasteiger partial charge in [0, 0.05) is 25.1 Å². The van der Waals surface area contributed by atoms with Gasteiger partial charge in [-0.25, -0.2) is 4.98 Å². The molecular formula is C12H20N2OS. The standard InChI is InChI=1S/C12H20N2OS/c1-2-11-14-10(8-16-11)7-13-9-12(3-4-12)5-6-15/h8,13,15H,2-7,9H2,1H3. The highest BCUT2D eigenvalue weighted by molar-refractivity contribution is 7.09. The Kier molecular flexibility index (Phi) is 3.95. The molecule has 0 aromatic carbocycles. The highest BCUT2D eigenvalue weighted by Gasteiger charge is 2.41. The summed E-state index contributed by atoms with van der Waals surface area (Å²) in [7, 11) is 0. The van der Waals surface area contributed by atoms with Crippen LogP contribution in [0.25, 0.3) is 0 Å². The summed E-state index contributed by atoms with van der Waals surface area (Å²) in [5.41, 5.74) is 1.56. The smallest absolute Gasteiger partial charge is 0.0926 e. The van der Waals surface area contributed by atoms with Crippen LogP contribution in [-0.4, -0.2) is 23.2 Å². The van der Waals surface area contributed by atoms with Gasteiger partial charge in [0.15, 0.2) is 0 Å². The molecule has 0 radical (unpaired) electrons. The molecule has 90 valence electrons. The predicted octanol–water partition coefficient (Wildman–Crippen LogP) is 1.96. The molecule has 1 fully saturated rings. The Morgan fingerprint density at radius 2 is 2.38 bits per heavy atom. The summed E-state index contributed by atoms with van der Waals surface area (Å²) in [6.07, 6.45) is 4.49. The average Bonchev–Trinajstić information content (AvgIpc) is 2.89. The first kappa shape index (κ1) is 12.0. The maximum absolute atomic E-state index is 8.96. The molecule has 4 heteroatoms. The number of rotatable bonds is 7. The summed E-state index contributed by atoms with van der Waals surface area (Å²) in [6, 6.07) is 0. The Morgan fingerprint density at radius 3 is 2.94 bits per heavy atom. The Bertz CT molecular complexity index is 334. The molecule has 16 heavy (non-hydrogen) atoms. The Labute approximate surface area is 101 Å². The zero-order valence-electron chi connectivity index (χ0n) is 9.83. The lowest BCUT2D eigenvalue weighted by molar-refractivity contribution is 0.245. The SMILES string of the molecule is CCc1nc(CNCC2(CCO)CC2)cs1. The van der Waals surface area contributed by atoms with Crippen molar-refractivity contribution < 1.29 is 5.11 Å². The van der Waals surface area contributed by atoms with Gasteiger partial charge >= 0.3 is 0 Å². The van der Waals surface area contributed by atoms with Crippen LogP contribution in [-0.2, 0) is 13.0 Å². The molecule has 2 rings (SSSR count). The van der Waals surface area contributed by atoms with Crippen LogP contribution < -0.4 is 5.32 Å². The summed E-state index contributed by atoms with van der Waals surface area (Å²) in [4.78, 5) is 4.52. The van der Waals surface area contributed by atoms with Gasteiger partial charge < -0.3 is 10.4 Å². The highest BCUT2D eigenvalue weighted by atomic mass is 32.1. The largest absolute Gasteiger partial charge is 0.396 e. The van der Waals surface area contributed by atoms with Crippen LogP contribution in [0.5, 0.6) is 0 Å². The first-order chi connectivity index (χ1) is 7.78. The van der Waals surface area contributed by atoms with Gasteiger partial charge in [-0.2, -0.15) is 0 Å². The van der Waals surface area contributed by atoms with Crippen LogP contribution in [0.15, 0.2) is 5.38 Å². The Balaban J connectivity index is 1.71. The summed E-state index contributed by atoms with van der Waals surface area (Å²) in [5.74, 6) is 0. The molecule has 1 saturated carbocycles. The van der Waals surface area contributed by atoms with E-state index < -0.39 is 0 Å². The topological polar surface area (TPSA) is 45.2 Å². The fourth-order valence-electron chi connectivity index (χ4n) is 1.98. The third kappa shape index (κ3) is 3.03. The van der Waals surface area contributed by atoms with Gasteiger partial charge in [0.25, 0.3) is 0 Å². The number of nitrogens with one attached hydrogen (secondary N) is 1. The van der Waals surface area contributed by atoms with E-state index in [2.05, 4.69) is 22.6 Å². The fraction of sp³-hybridized carbons (Fsp3) is 0.750. The second kappa shape index (κ2) is 5.25. The van der Waals surface area contributed by atoms with Crippen molar-refractivity contribution in [1.82, 2.24) is 10.3 Å². The van der Waals surface area contributed by atoms with E-state index in [-0.39, 0.29) is 0 Å². The molecule has 1 aliphatic rings. The van der Waals surface area contributed by atoms with Gasteiger partial charge in [-0.05, 0) is 31.1 Å². The number of aliphatic hydroxyl groups is 1. The van der Waals surface area contributed by atoms with Crippen LogP contribution >= 0.6 is 11.3 Å². The van der Waals surface area contributed by atoms with E-state index in [4.69, 9.17) is 5.11 Å². The van der Waals surface area contributed by atoms with Crippen LogP contribution in [0, 0.1) is 5.41 Å². The van der Waals surface area contributed by atoms with Crippen molar-refractivity contribution in [3.05, 3.63) is 16.1 Å². The van der Waals surface area contributed by atoms with Crippen molar-refractivity contribution in [2.45, 2.75) is 39.2 Å². The summed E-state index contributed by atoms with van der Waals surface area (Å²) in [5, 5.41) is 15.8. The molecule has 1 aromatic rings. The molecule has 3 nitrogen and oxygen atoms in total. The molecule has 0 spiro atoms. The van der Waals surface area contributed by atoms with Crippen LogP contribution in [0.4, 0.5) is 0 Å². The van der Waals surface area contributed by atoms with E-state index in [0.717, 1.165) is 31.6 Å². The minimum absolute atomic E-state index is 0.318. The Hall–Kier alpha value is -0.450. The number of hydrogen-bond acceptors (Lipinski definition) is 4. The average molecular weight is 240 g/mol. The molecule has 0 saturated heterocycles. The number of aryl methyl sites for hydroxylation is 1. The minimum atomic E-state index is 0.318. The summed E-state index contributed by atoms with van der Waals surface area (Å²) >= 11 is 1.74. The first-order valence-electron chi connectivity index (χ1n) is 6.03. The van der Waals surface area contributed by atoms with Crippen LogP contribution in [0.3, 0.4) is 0 Å². The second-order valence-corrected chi connectivity index (χ2v) is 5.61. The maximum atomic E-state index is 8.96. The van der Waals surface area contributed by atoms with E-state index in [1.807, 2.05) is 0 Å². The normalized spacial score (nSPS) is 17.6. The van der Waals surface area contributed by atoms with Crippen molar-refractivity contribution in [3.8, 4) is 0 Å². The fourth-order valence-corrected chi connectivity index (χ4v) is 2.72. The molecule has 0 unspecified atom stereocenters. The van der Waals surface area contributed by atoms with Crippen LogP contribution in [0.2, 0.25) is 0 Å². The Morgan fingerprint density at radius 1 is 1.56 bits per heavy atom. The van der Waals surface area contributed by atoms with Crippen molar-refractivity contribution >= 4 is 11.3 Å². The number of thiazole rings is 1. The predicted molar refractivity (Wildman–Crippen MR) is 66.6 cm³/mol. The molecule has 1 heterocycles. The molecular weight excluding hydrogens is 220 g/mol. The number of hydrogen-bond donors (Lipinski definition) is 2. The van der Waals surface area contributed by atoms with E-state index in [1.165, 1.54) is 17.8 Å². The van der Waals surface area contributed by atoms with Gasteiger partial charge in [0.2, 0.25) is 0 Å². The number of aliphatic hydroxyl groups excluding tert-OH is 1. The molecule has 0 amide bonds. The second-order valence-electron chi connectivity index (χ2n) is 4.66. The van der Waals surface area contributed by atoms with Gasteiger partial charge in [0.1, 0.15) is 0 Å². The molecule has 2 N–H and O–H groups in total. The van der Waals surface area contributed by atoms with Crippen molar-refractivity contribution in [2.75, 3.05) is 13.2 Å². The molecule has 0 aliphatic heterocycles. The lowest BCUT2D eigenvalue weighted by atomic mass is 10.0. The third-order valence-corrected chi connectivity index (χ3v) is 4.35. The lowest BCUT2D eigenvalue weighted by Gasteiger charge is -2.13. The molecule has 1 aliphatic carbocycles. The zero-order chi connectivity index (χ0) is 11.4. The van der Waals surface area contributed by atoms with Gasteiger partial charge in [0.05, 0.1) is 10.7 Å². The molecule has 0 bridgehead atoms. The summed E-state index contributed by atoms with van der Waals surface area (Å²) in [6.45, 7) is 4.34. The quantitative estimate of drug-likeness (QED) is 0.766. The van der Waals surface area contributed by atoms with Crippen molar-refractivity contribution in [1.29, 1.82) is 0 Å².